The molecule has 0 saturated heterocycles. The second-order valence-electron chi connectivity index (χ2n) is 5.18. The van der Waals surface area contributed by atoms with Crippen LogP contribution in [-0.4, -0.2) is 39.5 Å². The summed E-state index contributed by atoms with van der Waals surface area (Å²) < 4.78 is 0. The molecule has 1 aromatic heterocycles. The molecule has 0 atom stereocenters. The topological polar surface area (TPSA) is 70.5 Å². The van der Waals surface area contributed by atoms with Crippen molar-refractivity contribution < 1.29 is 14.7 Å². The molecule has 0 saturated carbocycles. The van der Waals surface area contributed by atoms with Crippen LogP contribution in [0.25, 0.3) is 0 Å². The van der Waals surface area contributed by atoms with Gasteiger partial charge in [0.1, 0.15) is 5.69 Å². The van der Waals surface area contributed by atoms with Gasteiger partial charge in [-0.05, 0) is 31.9 Å². The second kappa shape index (κ2) is 6.31. The summed E-state index contributed by atoms with van der Waals surface area (Å²) in [5.74, 6) is -0.848. The molecular formula is C14H20N2O3. The highest BCUT2D eigenvalue weighted by atomic mass is 16.4. The van der Waals surface area contributed by atoms with Gasteiger partial charge in [-0.2, -0.15) is 0 Å². The van der Waals surface area contributed by atoms with E-state index in [0.29, 0.717) is 12.5 Å². The van der Waals surface area contributed by atoms with Gasteiger partial charge in [-0.15, -0.1) is 0 Å². The lowest BCUT2D eigenvalue weighted by atomic mass is 10.1. The Morgan fingerprint density at radius 3 is 2.26 bits per heavy atom. The van der Waals surface area contributed by atoms with Gasteiger partial charge in [-0.1, -0.05) is 13.8 Å². The Bertz CT molecular complexity index is 452. The highest BCUT2D eigenvalue weighted by Gasteiger charge is 2.20. The smallest absolute Gasteiger partial charge is 0.337 e. The summed E-state index contributed by atoms with van der Waals surface area (Å²) in [7, 11) is 0. The minimum Gasteiger partial charge on any atom is -0.478 e. The zero-order valence-corrected chi connectivity index (χ0v) is 11.8. The molecule has 0 bridgehead atoms. The summed E-state index contributed by atoms with van der Waals surface area (Å²) in [5, 5.41) is 8.80. The fourth-order valence-corrected chi connectivity index (χ4v) is 1.72. The van der Waals surface area contributed by atoms with Crippen LogP contribution in [0.5, 0.6) is 0 Å². The Labute approximate surface area is 113 Å². The van der Waals surface area contributed by atoms with Crippen molar-refractivity contribution in [2.45, 2.75) is 33.7 Å². The predicted octanol–water partition coefficient (Wildman–Crippen LogP) is 2.29. The highest BCUT2D eigenvalue weighted by Crippen LogP contribution is 2.10. The summed E-state index contributed by atoms with van der Waals surface area (Å²) in [5.41, 5.74) is 0.357. The van der Waals surface area contributed by atoms with E-state index in [2.05, 4.69) is 4.98 Å². The minimum absolute atomic E-state index is 0.0795. The summed E-state index contributed by atoms with van der Waals surface area (Å²) in [6.45, 7) is 8.64. The number of carbonyl (C=O) groups excluding carboxylic acids is 1. The molecule has 5 nitrogen and oxygen atoms in total. The number of amides is 1. The quantitative estimate of drug-likeness (QED) is 0.885. The van der Waals surface area contributed by atoms with Crippen LogP contribution in [0.3, 0.4) is 0 Å². The Kier molecular flexibility index (Phi) is 5.03. The molecule has 1 rings (SSSR count). The predicted molar refractivity (Wildman–Crippen MR) is 72.2 cm³/mol. The first-order valence-corrected chi connectivity index (χ1v) is 6.33. The van der Waals surface area contributed by atoms with Gasteiger partial charge in [0.05, 0.1) is 5.56 Å². The number of nitrogens with zero attached hydrogens (tertiary/aromatic N) is 2. The van der Waals surface area contributed by atoms with Gasteiger partial charge in [-0.3, -0.25) is 9.78 Å². The number of aromatic carboxylic acids is 1. The van der Waals surface area contributed by atoms with E-state index < -0.39 is 5.97 Å². The van der Waals surface area contributed by atoms with Crippen molar-refractivity contribution in [3.8, 4) is 0 Å². The Morgan fingerprint density at radius 1 is 1.26 bits per heavy atom. The summed E-state index contributed by atoms with van der Waals surface area (Å²) >= 11 is 0. The molecule has 1 amide bonds. The molecule has 1 N–H and O–H groups in total. The first kappa shape index (κ1) is 15.1. The average Bonchev–Trinajstić information content (AvgIpc) is 2.34. The number of pyridine rings is 1. The van der Waals surface area contributed by atoms with Gasteiger partial charge in [0.25, 0.3) is 5.91 Å². The molecule has 0 aliphatic carbocycles. The third-order valence-electron chi connectivity index (χ3n) is 2.68. The Balaban J connectivity index is 2.93. The molecule has 1 aromatic rings. The Morgan fingerprint density at radius 2 is 1.89 bits per heavy atom. The van der Waals surface area contributed by atoms with Gasteiger partial charge >= 0.3 is 5.97 Å². The number of aromatic nitrogens is 1. The van der Waals surface area contributed by atoms with Crippen LogP contribution in [0.1, 0.15) is 48.5 Å². The van der Waals surface area contributed by atoms with Crippen LogP contribution < -0.4 is 0 Å². The number of carboxylic acid groups (broad SMARTS) is 1. The third kappa shape index (κ3) is 4.05. The molecule has 0 aliphatic rings. The van der Waals surface area contributed by atoms with Crippen molar-refractivity contribution in [2.75, 3.05) is 6.54 Å². The fourth-order valence-electron chi connectivity index (χ4n) is 1.72. The number of carbonyl (C=O) groups is 2. The van der Waals surface area contributed by atoms with Crippen LogP contribution in [0.15, 0.2) is 18.3 Å². The van der Waals surface area contributed by atoms with Crippen LogP contribution >= 0.6 is 0 Å². The van der Waals surface area contributed by atoms with E-state index in [-0.39, 0.29) is 23.2 Å². The monoisotopic (exact) mass is 264 g/mol. The zero-order valence-electron chi connectivity index (χ0n) is 11.8. The molecule has 0 fully saturated rings. The maximum atomic E-state index is 12.3. The minimum atomic E-state index is -1.05. The van der Waals surface area contributed by atoms with E-state index in [1.165, 1.54) is 18.3 Å². The SMILES string of the molecule is CC(C)CN(C(=O)c1ccc(C(=O)O)cn1)C(C)C. The van der Waals surface area contributed by atoms with E-state index in [4.69, 9.17) is 5.11 Å². The molecule has 0 radical (unpaired) electrons. The molecule has 0 unspecified atom stereocenters. The Hall–Kier alpha value is -1.91. The second-order valence-corrected chi connectivity index (χ2v) is 5.18. The number of carboxylic acids is 1. The zero-order chi connectivity index (χ0) is 14.6. The summed E-state index contributed by atoms with van der Waals surface area (Å²) in [6.07, 6.45) is 1.21. The maximum Gasteiger partial charge on any atom is 0.337 e. The number of rotatable bonds is 5. The van der Waals surface area contributed by atoms with E-state index in [9.17, 15) is 9.59 Å². The first-order valence-electron chi connectivity index (χ1n) is 6.33. The third-order valence-corrected chi connectivity index (χ3v) is 2.68. The van der Waals surface area contributed by atoms with Crippen molar-refractivity contribution in [2.24, 2.45) is 5.92 Å². The lowest BCUT2D eigenvalue weighted by molar-refractivity contribution is 0.0667. The van der Waals surface area contributed by atoms with Crippen LogP contribution in [0.2, 0.25) is 0 Å². The molecule has 104 valence electrons. The molecule has 0 spiro atoms. The van der Waals surface area contributed by atoms with Crippen molar-refractivity contribution in [1.29, 1.82) is 0 Å². The highest BCUT2D eigenvalue weighted by molar-refractivity contribution is 5.94. The van der Waals surface area contributed by atoms with E-state index >= 15 is 0 Å². The van der Waals surface area contributed by atoms with E-state index in [0.717, 1.165) is 0 Å². The molecule has 0 aromatic carbocycles. The lowest BCUT2D eigenvalue weighted by Crippen LogP contribution is -2.39. The number of hydrogen-bond acceptors (Lipinski definition) is 3. The fraction of sp³-hybridized carbons (Fsp3) is 0.500. The van der Waals surface area contributed by atoms with Crippen molar-refractivity contribution in [3.05, 3.63) is 29.6 Å². The first-order chi connectivity index (χ1) is 8.82. The van der Waals surface area contributed by atoms with Gasteiger partial charge in [0.15, 0.2) is 0 Å². The largest absolute Gasteiger partial charge is 0.478 e. The van der Waals surface area contributed by atoms with Crippen molar-refractivity contribution >= 4 is 11.9 Å². The lowest BCUT2D eigenvalue weighted by Gasteiger charge is -2.28. The standard InChI is InChI=1S/C14H20N2O3/c1-9(2)8-16(10(3)4)13(17)12-6-5-11(7-15-12)14(18)19/h5-7,9-10H,8H2,1-4H3,(H,18,19). The maximum absolute atomic E-state index is 12.3. The van der Waals surface area contributed by atoms with Crippen LogP contribution in [0, 0.1) is 5.92 Å². The summed E-state index contributed by atoms with van der Waals surface area (Å²) in [4.78, 5) is 28.7. The summed E-state index contributed by atoms with van der Waals surface area (Å²) in [6, 6.07) is 2.94. The molecule has 0 aliphatic heterocycles. The number of hydrogen-bond donors (Lipinski definition) is 1. The van der Waals surface area contributed by atoms with E-state index in [1.54, 1.807) is 4.90 Å². The van der Waals surface area contributed by atoms with Crippen LogP contribution in [0.4, 0.5) is 0 Å². The van der Waals surface area contributed by atoms with Crippen LogP contribution in [-0.2, 0) is 0 Å². The average molecular weight is 264 g/mol. The molecule has 19 heavy (non-hydrogen) atoms. The van der Waals surface area contributed by atoms with Crippen molar-refractivity contribution in [1.82, 2.24) is 9.88 Å². The van der Waals surface area contributed by atoms with Gasteiger partial charge in [0.2, 0.25) is 0 Å². The molecule has 1 heterocycles. The van der Waals surface area contributed by atoms with Gasteiger partial charge in [-0.25, -0.2) is 4.79 Å². The van der Waals surface area contributed by atoms with Crippen molar-refractivity contribution in [3.63, 3.8) is 0 Å². The molecular weight excluding hydrogens is 244 g/mol. The van der Waals surface area contributed by atoms with Gasteiger partial charge in [0, 0.05) is 18.8 Å². The normalized spacial score (nSPS) is 10.8. The molecule has 5 heteroatoms. The van der Waals surface area contributed by atoms with Gasteiger partial charge < -0.3 is 10.0 Å². The van der Waals surface area contributed by atoms with E-state index in [1.807, 2.05) is 27.7 Å².